The Morgan fingerprint density at radius 1 is 1.08 bits per heavy atom. The van der Waals surface area contributed by atoms with Crippen LogP contribution in [0.5, 0.6) is 0 Å². The molecule has 0 bridgehead atoms. The van der Waals surface area contributed by atoms with Gasteiger partial charge in [0.25, 0.3) is 0 Å². The second-order valence-corrected chi connectivity index (χ2v) is 7.57. The van der Waals surface area contributed by atoms with Crippen LogP contribution in [0, 0.1) is 6.92 Å². The van der Waals surface area contributed by atoms with Gasteiger partial charge in [-0.1, -0.05) is 0 Å². The fourth-order valence-electron chi connectivity index (χ4n) is 4.18. The molecule has 0 saturated carbocycles. The van der Waals surface area contributed by atoms with Crippen molar-refractivity contribution in [2.75, 3.05) is 26.2 Å². The van der Waals surface area contributed by atoms with E-state index in [-0.39, 0.29) is 0 Å². The Labute approximate surface area is 149 Å². The fourth-order valence-corrected chi connectivity index (χ4v) is 4.18. The van der Waals surface area contributed by atoms with Crippen molar-refractivity contribution in [3.05, 3.63) is 29.4 Å². The number of aromatic amines is 1. The molecule has 0 radical (unpaired) electrons. The van der Waals surface area contributed by atoms with Gasteiger partial charge in [0.2, 0.25) is 0 Å². The highest BCUT2D eigenvalue weighted by Crippen LogP contribution is 2.27. The second kappa shape index (κ2) is 7.25. The number of aromatic nitrogens is 5. The molecule has 2 aromatic rings. The summed E-state index contributed by atoms with van der Waals surface area (Å²) in [5.41, 5.74) is 2.34. The van der Waals surface area contributed by atoms with Gasteiger partial charge in [-0.05, 0) is 52.2 Å². The second-order valence-electron chi connectivity index (χ2n) is 7.57. The third kappa shape index (κ3) is 3.62. The van der Waals surface area contributed by atoms with Crippen molar-refractivity contribution < 1.29 is 0 Å². The number of hydrogen-bond acceptors (Lipinski definition) is 5. The molecule has 0 spiro atoms. The maximum atomic E-state index is 4.57. The number of nitrogens with zero attached hydrogens (tertiary/aromatic N) is 6. The van der Waals surface area contributed by atoms with E-state index in [4.69, 9.17) is 0 Å². The first-order valence-corrected chi connectivity index (χ1v) is 9.52. The molecule has 1 N–H and O–H groups in total. The molecule has 25 heavy (non-hydrogen) atoms. The van der Waals surface area contributed by atoms with Gasteiger partial charge in [-0.25, -0.2) is 4.98 Å². The number of piperidine rings is 1. The Balaban J connectivity index is 1.42. The van der Waals surface area contributed by atoms with Gasteiger partial charge in [-0.15, -0.1) is 10.2 Å². The molecule has 136 valence electrons. The van der Waals surface area contributed by atoms with Crippen LogP contribution in [-0.4, -0.2) is 60.7 Å². The number of rotatable bonds is 5. The lowest BCUT2D eigenvalue weighted by atomic mass is 9.97. The zero-order valence-corrected chi connectivity index (χ0v) is 15.4. The molecule has 7 heteroatoms. The smallest absolute Gasteiger partial charge is 0.146 e. The van der Waals surface area contributed by atoms with E-state index in [0.29, 0.717) is 5.92 Å². The average molecular weight is 343 g/mol. The van der Waals surface area contributed by atoms with Crippen LogP contribution < -0.4 is 0 Å². The quantitative estimate of drug-likeness (QED) is 0.897. The number of hydrogen-bond donors (Lipinski definition) is 1. The van der Waals surface area contributed by atoms with Gasteiger partial charge in [0, 0.05) is 31.7 Å². The van der Waals surface area contributed by atoms with Gasteiger partial charge in [-0.2, -0.15) is 0 Å². The normalized spacial score (nSPS) is 22.7. The van der Waals surface area contributed by atoms with Crippen molar-refractivity contribution in [1.29, 1.82) is 0 Å². The van der Waals surface area contributed by atoms with Gasteiger partial charge in [0.1, 0.15) is 11.6 Å². The standard InChI is InChI=1S/C18H29N7/c1-14-16(20-13-19-14)11-25-9-5-6-15(10-25)18-22-21-17(23(18)2)12-24-7-3-4-8-24/h13,15H,3-12H2,1-2H3,(H,19,20). The van der Waals surface area contributed by atoms with Crippen molar-refractivity contribution in [3.63, 3.8) is 0 Å². The van der Waals surface area contributed by atoms with Gasteiger partial charge in [-0.3, -0.25) is 9.80 Å². The Morgan fingerprint density at radius 3 is 2.64 bits per heavy atom. The number of H-pyrrole nitrogens is 1. The summed E-state index contributed by atoms with van der Waals surface area (Å²) in [6, 6.07) is 0. The molecule has 2 fully saturated rings. The van der Waals surface area contributed by atoms with E-state index in [2.05, 4.69) is 48.5 Å². The Kier molecular flexibility index (Phi) is 4.85. The minimum atomic E-state index is 0.470. The molecule has 2 aliphatic rings. The minimum Gasteiger partial charge on any atom is -0.348 e. The van der Waals surface area contributed by atoms with E-state index < -0.39 is 0 Å². The summed E-state index contributed by atoms with van der Waals surface area (Å²) in [6.45, 7) is 8.53. The van der Waals surface area contributed by atoms with E-state index >= 15 is 0 Å². The maximum Gasteiger partial charge on any atom is 0.146 e. The van der Waals surface area contributed by atoms with Gasteiger partial charge in [0.15, 0.2) is 0 Å². The van der Waals surface area contributed by atoms with Crippen molar-refractivity contribution in [2.24, 2.45) is 7.05 Å². The molecular weight excluding hydrogens is 314 g/mol. The summed E-state index contributed by atoms with van der Waals surface area (Å²) in [7, 11) is 2.14. The van der Waals surface area contributed by atoms with E-state index in [1.54, 1.807) is 6.33 Å². The van der Waals surface area contributed by atoms with Gasteiger partial charge < -0.3 is 9.55 Å². The van der Waals surface area contributed by atoms with Crippen LogP contribution in [0.4, 0.5) is 0 Å². The first-order valence-electron chi connectivity index (χ1n) is 9.52. The predicted octanol–water partition coefficient (Wildman–Crippen LogP) is 1.82. The highest BCUT2D eigenvalue weighted by atomic mass is 15.3. The summed E-state index contributed by atoms with van der Waals surface area (Å²) in [6.07, 6.45) is 6.83. The molecule has 0 aromatic carbocycles. The highest BCUT2D eigenvalue weighted by Gasteiger charge is 2.27. The first kappa shape index (κ1) is 16.7. The Bertz CT molecular complexity index is 698. The zero-order chi connectivity index (χ0) is 17.2. The number of likely N-dealkylation sites (tertiary alicyclic amines) is 2. The number of imidazole rings is 1. The average Bonchev–Trinajstić information content (AvgIpc) is 3.33. The van der Waals surface area contributed by atoms with Crippen molar-refractivity contribution >= 4 is 0 Å². The fraction of sp³-hybridized carbons (Fsp3) is 0.722. The molecule has 0 amide bonds. The lowest BCUT2D eigenvalue weighted by molar-refractivity contribution is 0.192. The monoisotopic (exact) mass is 343 g/mol. The van der Waals surface area contributed by atoms with Gasteiger partial charge >= 0.3 is 0 Å². The maximum absolute atomic E-state index is 4.57. The van der Waals surface area contributed by atoms with Crippen LogP contribution in [0.3, 0.4) is 0 Å². The third-order valence-corrected chi connectivity index (χ3v) is 5.74. The number of nitrogens with one attached hydrogen (secondary N) is 1. The molecule has 1 atom stereocenters. The topological polar surface area (TPSA) is 65.9 Å². The summed E-state index contributed by atoms with van der Waals surface area (Å²) in [5, 5.41) is 9.07. The van der Waals surface area contributed by atoms with E-state index in [0.717, 1.165) is 43.5 Å². The van der Waals surface area contributed by atoms with E-state index in [1.165, 1.54) is 44.5 Å². The van der Waals surface area contributed by atoms with Crippen molar-refractivity contribution in [3.8, 4) is 0 Å². The summed E-state index contributed by atoms with van der Waals surface area (Å²) in [4.78, 5) is 12.6. The molecule has 7 nitrogen and oxygen atoms in total. The van der Waals surface area contributed by atoms with Crippen LogP contribution in [-0.2, 0) is 20.1 Å². The lowest BCUT2D eigenvalue weighted by Gasteiger charge is -2.31. The lowest BCUT2D eigenvalue weighted by Crippen LogP contribution is -2.35. The van der Waals surface area contributed by atoms with Crippen LogP contribution in [0.1, 0.15) is 54.6 Å². The first-order chi connectivity index (χ1) is 12.2. The summed E-state index contributed by atoms with van der Waals surface area (Å²) >= 11 is 0. The SMILES string of the molecule is Cc1[nH]cnc1CN1CCCC(c2nnc(CN3CCCC3)n2C)C1. The molecule has 4 heterocycles. The Hall–Kier alpha value is -1.73. The van der Waals surface area contributed by atoms with Crippen LogP contribution in [0.15, 0.2) is 6.33 Å². The van der Waals surface area contributed by atoms with Gasteiger partial charge in [0.05, 0.1) is 18.6 Å². The Morgan fingerprint density at radius 2 is 1.88 bits per heavy atom. The molecule has 2 aromatic heterocycles. The molecular formula is C18H29N7. The van der Waals surface area contributed by atoms with Crippen LogP contribution in [0.25, 0.3) is 0 Å². The summed E-state index contributed by atoms with van der Waals surface area (Å²) in [5.74, 6) is 2.73. The van der Waals surface area contributed by atoms with E-state index in [9.17, 15) is 0 Å². The molecule has 2 saturated heterocycles. The van der Waals surface area contributed by atoms with Crippen molar-refractivity contribution in [2.45, 2.75) is 51.6 Å². The molecule has 1 unspecified atom stereocenters. The zero-order valence-electron chi connectivity index (χ0n) is 15.4. The highest BCUT2D eigenvalue weighted by molar-refractivity contribution is 5.10. The number of aryl methyl sites for hydroxylation is 1. The largest absolute Gasteiger partial charge is 0.348 e. The third-order valence-electron chi connectivity index (χ3n) is 5.74. The van der Waals surface area contributed by atoms with Crippen LogP contribution >= 0.6 is 0 Å². The van der Waals surface area contributed by atoms with Crippen molar-refractivity contribution in [1.82, 2.24) is 34.5 Å². The van der Waals surface area contributed by atoms with E-state index in [1.807, 2.05) is 0 Å². The minimum absolute atomic E-state index is 0.470. The molecule has 4 rings (SSSR count). The summed E-state index contributed by atoms with van der Waals surface area (Å²) < 4.78 is 2.24. The van der Waals surface area contributed by atoms with Crippen LogP contribution in [0.2, 0.25) is 0 Å². The molecule has 2 aliphatic heterocycles. The molecule has 0 aliphatic carbocycles. The predicted molar refractivity (Wildman–Crippen MR) is 96.1 cm³/mol.